The zero-order valence-corrected chi connectivity index (χ0v) is 18.4. The molecule has 0 spiro atoms. The molecule has 5 nitrogen and oxygen atoms in total. The van der Waals surface area contributed by atoms with Gasteiger partial charge < -0.3 is 13.9 Å². The summed E-state index contributed by atoms with van der Waals surface area (Å²) >= 11 is 0. The van der Waals surface area contributed by atoms with Crippen LogP contribution < -0.4 is 10.4 Å². The van der Waals surface area contributed by atoms with Gasteiger partial charge in [0.1, 0.15) is 16.9 Å². The monoisotopic (exact) mass is 490 g/mol. The fraction of sp³-hybridized carbons (Fsp3) is 0.391. The Kier molecular flexibility index (Phi) is 5.91. The third-order valence-electron chi connectivity index (χ3n) is 5.01. The average molecular weight is 490 g/mol. The van der Waals surface area contributed by atoms with Gasteiger partial charge in [0.05, 0.1) is 0 Å². The number of hydrogen-bond donors (Lipinski definition) is 0. The van der Waals surface area contributed by atoms with Crippen molar-refractivity contribution in [3.8, 4) is 5.75 Å². The number of benzene rings is 1. The quantitative estimate of drug-likeness (QED) is 0.284. The first-order chi connectivity index (χ1) is 15.4. The number of fused-ring (bicyclic) bond motifs is 1. The fourth-order valence-electron chi connectivity index (χ4n) is 3.02. The summed E-state index contributed by atoms with van der Waals surface area (Å²) in [5.41, 5.74) is -4.06. The zero-order chi connectivity index (χ0) is 25.7. The normalized spacial score (nSPS) is 17.2. The highest BCUT2D eigenvalue weighted by Crippen LogP contribution is 2.52. The molecule has 0 saturated heterocycles. The number of halogens is 6. The molecule has 2 heterocycles. The van der Waals surface area contributed by atoms with E-state index in [1.165, 1.54) is 44.2 Å². The lowest BCUT2D eigenvalue weighted by Gasteiger charge is -2.33. The fourth-order valence-corrected chi connectivity index (χ4v) is 3.02. The second kappa shape index (κ2) is 7.92. The lowest BCUT2D eigenvalue weighted by molar-refractivity contribution is -0.289. The van der Waals surface area contributed by atoms with Gasteiger partial charge in [0.15, 0.2) is 11.4 Å². The van der Waals surface area contributed by atoms with Crippen LogP contribution in [0.1, 0.15) is 27.7 Å². The minimum absolute atomic E-state index is 0.0437. The van der Waals surface area contributed by atoms with Gasteiger partial charge in [-0.15, -0.1) is 0 Å². The van der Waals surface area contributed by atoms with Crippen molar-refractivity contribution < 1.29 is 45.0 Å². The van der Waals surface area contributed by atoms with Gasteiger partial charge in [-0.05, 0) is 58.0 Å². The topological polar surface area (TPSA) is 65.7 Å². The van der Waals surface area contributed by atoms with Crippen molar-refractivity contribution >= 4 is 16.8 Å². The molecule has 34 heavy (non-hydrogen) atoms. The highest BCUT2D eigenvalue weighted by Gasteiger charge is 2.74. The summed E-state index contributed by atoms with van der Waals surface area (Å²) in [7, 11) is 0. The van der Waals surface area contributed by atoms with Crippen molar-refractivity contribution in [1.82, 2.24) is 0 Å². The minimum atomic E-state index is -5.94. The number of alkyl halides is 6. The van der Waals surface area contributed by atoms with E-state index in [-0.39, 0.29) is 23.5 Å². The molecule has 1 aromatic heterocycles. The molecular weight excluding hydrogens is 470 g/mol. The Morgan fingerprint density at radius 3 is 2.15 bits per heavy atom. The van der Waals surface area contributed by atoms with Crippen molar-refractivity contribution in [1.29, 1.82) is 0 Å². The van der Waals surface area contributed by atoms with Crippen LogP contribution in [0, 0.1) is 0 Å². The van der Waals surface area contributed by atoms with E-state index in [0.29, 0.717) is 11.5 Å². The summed E-state index contributed by atoms with van der Waals surface area (Å²) in [6.07, 6.45) is 0.213. The molecule has 0 N–H and O–H groups in total. The first-order valence-electron chi connectivity index (χ1n) is 9.90. The summed E-state index contributed by atoms with van der Waals surface area (Å²) in [4.78, 5) is 23.0. The zero-order valence-electron chi connectivity index (χ0n) is 18.4. The van der Waals surface area contributed by atoms with Crippen LogP contribution in [-0.2, 0) is 9.53 Å². The number of hydrogen-bond acceptors (Lipinski definition) is 5. The van der Waals surface area contributed by atoms with Crippen molar-refractivity contribution in [2.45, 2.75) is 56.7 Å². The maximum Gasteiger partial charge on any atom is 0.383 e. The predicted molar refractivity (Wildman–Crippen MR) is 109 cm³/mol. The first kappa shape index (κ1) is 25.4. The summed E-state index contributed by atoms with van der Waals surface area (Å²) in [5.74, 6) is -19.6. The molecular formula is C23H20F6O5. The maximum absolute atomic E-state index is 14.4. The molecule has 0 unspecified atom stereocenters. The Bertz CT molecular complexity index is 1240. The standard InChI is InChI=1S/C23H20F6O5/c1-19(2,33-14-7-5-13-6-8-18(31)32-15(13)11-14)9-10-21(24,25)23(28,29)22(26,27)17-12-16(30)20(3,4)34-17/h5-12H,1-4H3/b10-9+. The van der Waals surface area contributed by atoms with E-state index >= 15 is 0 Å². The van der Waals surface area contributed by atoms with Gasteiger partial charge in [0.2, 0.25) is 5.78 Å². The largest absolute Gasteiger partial charge is 0.484 e. The molecule has 0 saturated carbocycles. The van der Waals surface area contributed by atoms with Crippen LogP contribution in [0.2, 0.25) is 0 Å². The van der Waals surface area contributed by atoms with Crippen molar-refractivity contribution in [3.63, 3.8) is 0 Å². The number of ether oxygens (including phenoxy) is 2. The molecule has 0 radical (unpaired) electrons. The van der Waals surface area contributed by atoms with E-state index in [1.807, 2.05) is 0 Å². The van der Waals surface area contributed by atoms with E-state index in [9.17, 15) is 35.9 Å². The van der Waals surface area contributed by atoms with E-state index in [4.69, 9.17) is 9.15 Å². The molecule has 0 amide bonds. The third kappa shape index (κ3) is 4.55. The first-order valence-corrected chi connectivity index (χ1v) is 9.90. The number of ketones is 1. The second-order valence-electron chi connectivity index (χ2n) is 8.75. The van der Waals surface area contributed by atoms with Crippen molar-refractivity contribution in [3.05, 3.63) is 64.7 Å². The molecule has 0 bridgehead atoms. The molecule has 0 atom stereocenters. The van der Waals surface area contributed by atoms with Crippen LogP contribution in [0.3, 0.4) is 0 Å². The molecule has 3 rings (SSSR count). The number of allylic oxidation sites excluding steroid dienone is 2. The van der Waals surface area contributed by atoms with Crippen molar-refractivity contribution in [2.24, 2.45) is 0 Å². The Labute approximate surface area is 189 Å². The molecule has 1 aliphatic rings. The van der Waals surface area contributed by atoms with E-state index in [0.717, 1.165) is 13.8 Å². The number of carbonyl (C=O) groups excluding carboxylic acids is 1. The lowest BCUT2D eigenvalue weighted by Crippen LogP contribution is -2.54. The summed E-state index contributed by atoms with van der Waals surface area (Å²) < 4.78 is 101. The van der Waals surface area contributed by atoms with Gasteiger partial charge in [0, 0.05) is 23.6 Å². The smallest absolute Gasteiger partial charge is 0.383 e. The van der Waals surface area contributed by atoms with Crippen molar-refractivity contribution in [2.75, 3.05) is 0 Å². The summed E-state index contributed by atoms with van der Waals surface area (Å²) in [6, 6.07) is 6.89. The Balaban J connectivity index is 1.84. The van der Waals surface area contributed by atoms with Gasteiger partial charge >= 0.3 is 23.4 Å². The molecule has 0 fully saturated rings. The van der Waals surface area contributed by atoms with E-state index in [2.05, 4.69) is 4.74 Å². The Morgan fingerprint density at radius 1 is 0.941 bits per heavy atom. The summed E-state index contributed by atoms with van der Waals surface area (Å²) in [6.45, 7) is 4.54. The highest BCUT2D eigenvalue weighted by atomic mass is 19.3. The molecule has 11 heteroatoms. The van der Waals surface area contributed by atoms with E-state index in [1.54, 1.807) is 0 Å². The second-order valence-corrected chi connectivity index (χ2v) is 8.75. The van der Waals surface area contributed by atoms with Gasteiger partial charge in [-0.25, -0.2) is 4.79 Å². The predicted octanol–water partition coefficient (Wildman–Crippen LogP) is 5.67. The minimum Gasteiger partial charge on any atom is -0.484 e. The van der Waals surface area contributed by atoms with Gasteiger partial charge in [-0.2, -0.15) is 26.3 Å². The third-order valence-corrected chi connectivity index (χ3v) is 5.01. The Morgan fingerprint density at radius 2 is 1.56 bits per heavy atom. The summed E-state index contributed by atoms with van der Waals surface area (Å²) in [5, 5.41) is 0.541. The Hall–Kier alpha value is -3.24. The molecule has 1 aliphatic heterocycles. The van der Waals surface area contributed by atoms with Crippen LogP contribution in [0.4, 0.5) is 26.3 Å². The molecule has 2 aromatic rings. The van der Waals surface area contributed by atoms with Crippen LogP contribution in [0.15, 0.2) is 63.5 Å². The number of carbonyl (C=O) groups is 1. The van der Waals surface area contributed by atoms with Crippen LogP contribution in [0.5, 0.6) is 5.75 Å². The molecule has 184 valence electrons. The van der Waals surface area contributed by atoms with Gasteiger partial charge in [-0.1, -0.05) is 0 Å². The van der Waals surface area contributed by atoms with Crippen LogP contribution >= 0.6 is 0 Å². The van der Waals surface area contributed by atoms with Crippen LogP contribution in [-0.4, -0.2) is 34.8 Å². The van der Waals surface area contributed by atoms with Gasteiger partial charge in [-0.3, -0.25) is 4.79 Å². The lowest BCUT2D eigenvalue weighted by atomic mass is 9.99. The molecule has 1 aromatic carbocycles. The molecule has 0 aliphatic carbocycles. The SMILES string of the molecule is CC(C)(/C=C/C(F)(F)C(F)(F)C(F)(F)C1=CC(=O)C(C)(C)O1)Oc1ccc2ccc(=O)oc2c1. The maximum atomic E-state index is 14.4. The number of rotatable bonds is 7. The van der Waals surface area contributed by atoms with E-state index < -0.39 is 46.1 Å². The highest BCUT2D eigenvalue weighted by molar-refractivity contribution is 5.99. The average Bonchev–Trinajstić information content (AvgIpc) is 2.99. The van der Waals surface area contributed by atoms with Gasteiger partial charge in [0.25, 0.3) is 0 Å². The van der Waals surface area contributed by atoms with Crippen LogP contribution in [0.25, 0.3) is 11.0 Å².